The first-order chi connectivity index (χ1) is 16.4. The SMILES string of the molecule is CC(C)C[C@H](NC(=O)C(C)C)C(=O)N1C[C@H]2[C@@H]([C@H]1C(=O)N[C@H](C#N)CC[C@@H]1CCNC1=O)C2(C)C. The highest BCUT2D eigenvalue weighted by Gasteiger charge is 2.69. The van der Waals surface area contributed by atoms with Gasteiger partial charge in [-0.05, 0) is 48.9 Å². The standard InChI is InChI=1S/C26H41N5O4/c1-14(2)11-19(30-22(32)15(3)4)25(35)31-13-18-20(26(18,5)6)21(31)24(34)29-17(12-27)8-7-16-9-10-28-23(16)33/h14-21H,7-11,13H2,1-6H3,(H,28,33)(H,29,34)(H,30,32)/t16-,17+,18+,19+,20+,21+/m1/s1. The molecule has 0 bridgehead atoms. The highest BCUT2D eigenvalue weighted by molar-refractivity contribution is 5.94. The Hall–Kier alpha value is -2.63. The number of hydrogen-bond donors (Lipinski definition) is 3. The Bertz CT molecular complexity index is 893. The molecule has 1 aliphatic carbocycles. The third kappa shape index (κ3) is 5.79. The van der Waals surface area contributed by atoms with Crippen molar-refractivity contribution in [1.29, 1.82) is 5.26 Å². The summed E-state index contributed by atoms with van der Waals surface area (Å²) in [7, 11) is 0. The van der Waals surface area contributed by atoms with Gasteiger partial charge in [-0.1, -0.05) is 41.5 Å². The fourth-order valence-corrected chi connectivity index (χ4v) is 5.76. The summed E-state index contributed by atoms with van der Waals surface area (Å²) in [4.78, 5) is 53.0. The maximum absolute atomic E-state index is 13.6. The summed E-state index contributed by atoms with van der Waals surface area (Å²) in [5, 5.41) is 18.2. The number of nitrogens with zero attached hydrogens (tertiary/aromatic N) is 2. The largest absolute Gasteiger partial charge is 0.356 e. The minimum absolute atomic E-state index is 0.00259. The first kappa shape index (κ1) is 27.0. The Morgan fingerprint density at radius 3 is 2.43 bits per heavy atom. The van der Waals surface area contributed by atoms with Crippen LogP contribution >= 0.6 is 0 Å². The molecule has 2 aliphatic heterocycles. The molecule has 3 fully saturated rings. The number of rotatable bonds is 10. The number of carbonyl (C=O) groups is 4. The molecular formula is C26H41N5O4. The predicted octanol–water partition coefficient (Wildman–Crippen LogP) is 1.58. The van der Waals surface area contributed by atoms with Crippen LogP contribution in [0.5, 0.6) is 0 Å². The van der Waals surface area contributed by atoms with E-state index in [2.05, 4.69) is 35.9 Å². The van der Waals surface area contributed by atoms with Crippen molar-refractivity contribution in [2.75, 3.05) is 13.1 Å². The monoisotopic (exact) mass is 487 g/mol. The van der Waals surface area contributed by atoms with Crippen molar-refractivity contribution < 1.29 is 19.2 Å². The van der Waals surface area contributed by atoms with E-state index in [9.17, 15) is 24.4 Å². The lowest BCUT2D eigenvalue weighted by atomic mass is 9.96. The van der Waals surface area contributed by atoms with E-state index in [-0.39, 0.29) is 58.6 Å². The fraction of sp³-hybridized carbons (Fsp3) is 0.808. The van der Waals surface area contributed by atoms with Crippen LogP contribution in [0.25, 0.3) is 0 Å². The van der Waals surface area contributed by atoms with E-state index in [1.807, 2.05) is 13.8 Å². The van der Waals surface area contributed by atoms with Gasteiger partial charge in [-0.25, -0.2) is 0 Å². The second-order valence-electron chi connectivity index (χ2n) is 11.8. The van der Waals surface area contributed by atoms with Crippen LogP contribution in [0, 0.1) is 46.3 Å². The highest BCUT2D eigenvalue weighted by atomic mass is 16.2. The van der Waals surface area contributed by atoms with Crippen molar-refractivity contribution in [3.05, 3.63) is 0 Å². The summed E-state index contributed by atoms with van der Waals surface area (Å²) in [6.07, 6.45) is 2.16. The summed E-state index contributed by atoms with van der Waals surface area (Å²) >= 11 is 0. The Balaban J connectivity index is 1.72. The molecule has 3 aliphatic rings. The van der Waals surface area contributed by atoms with Gasteiger partial charge in [-0.15, -0.1) is 0 Å². The van der Waals surface area contributed by atoms with Gasteiger partial charge in [0.25, 0.3) is 0 Å². The maximum atomic E-state index is 13.6. The second-order valence-corrected chi connectivity index (χ2v) is 11.8. The van der Waals surface area contributed by atoms with E-state index in [0.717, 1.165) is 6.42 Å². The van der Waals surface area contributed by atoms with Crippen molar-refractivity contribution >= 4 is 23.6 Å². The molecule has 9 heteroatoms. The number of likely N-dealkylation sites (tertiary alicyclic amines) is 1. The molecule has 0 aromatic rings. The smallest absolute Gasteiger partial charge is 0.245 e. The molecule has 0 aromatic carbocycles. The van der Waals surface area contributed by atoms with E-state index in [1.165, 1.54) is 0 Å². The van der Waals surface area contributed by atoms with E-state index in [4.69, 9.17) is 0 Å². The average molecular weight is 488 g/mol. The molecule has 0 aromatic heterocycles. The van der Waals surface area contributed by atoms with Crippen LogP contribution in [0.4, 0.5) is 0 Å². The summed E-state index contributed by atoms with van der Waals surface area (Å²) in [6, 6.07) is 0.0759. The summed E-state index contributed by atoms with van der Waals surface area (Å²) < 4.78 is 0. The maximum Gasteiger partial charge on any atom is 0.245 e. The van der Waals surface area contributed by atoms with Crippen molar-refractivity contribution in [3.63, 3.8) is 0 Å². The van der Waals surface area contributed by atoms with E-state index in [1.54, 1.807) is 18.7 Å². The number of nitrogens with one attached hydrogen (secondary N) is 3. The van der Waals surface area contributed by atoms with Gasteiger partial charge in [0.05, 0.1) is 6.07 Å². The van der Waals surface area contributed by atoms with Crippen LogP contribution in [0.1, 0.15) is 67.2 Å². The first-order valence-corrected chi connectivity index (χ1v) is 13.0. The van der Waals surface area contributed by atoms with Crippen molar-refractivity contribution in [1.82, 2.24) is 20.9 Å². The lowest BCUT2D eigenvalue weighted by molar-refractivity contribution is -0.144. The van der Waals surface area contributed by atoms with E-state index < -0.39 is 18.1 Å². The van der Waals surface area contributed by atoms with Crippen LogP contribution in [0.3, 0.4) is 0 Å². The summed E-state index contributed by atoms with van der Waals surface area (Å²) in [5.74, 6) is -0.686. The molecule has 0 unspecified atom stereocenters. The van der Waals surface area contributed by atoms with Crippen molar-refractivity contribution in [3.8, 4) is 6.07 Å². The topological polar surface area (TPSA) is 131 Å². The zero-order valence-corrected chi connectivity index (χ0v) is 21.9. The second kappa shape index (κ2) is 10.5. The summed E-state index contributed by atoms with van der Waals surface area (Å²) in [5.41, 5.74) is -0.0579. The van der Waals surface area contributed by atoms with Gasteiger partial charge in [0.1, 0.15) is 18.1 Å². The molecule has 35 heavy (non-hydrogen) atoms. The number of fused-ring (bicyclic) bond motifs is 1. The number of amides is 4. The first-order valence-electron chi connectivity index (χ1n) is 13.0. The molecule has 6 atom stereocenters. The lowest BCUT2D eigenvalue weighted by Crippen LogP contribution is -2.57. The van der Waals surface area contributed by atoms with Gasteiger partial charge in [-0.3, -0.25) is 19.2 Å². The highest BCUT2D eigenvalue weighted by Crippen LogP contribution is 2.64. The fourth-order valence-electron chi connectivity index (χ4n) is 5.76. The van der Waals surface area contributed by atoms with Gasteiger partial charge < -0.3 is 20.9 Å². The van der Waals surface area contributed by atoms with E-state index in [0.29, 0.717) is 32.4 Å². The molecule has 1 saturated carbocycles. The Labute approximate surface area is 208 Å². The third-order valence-electron chi connectivity index (χ3n) is 8.05. The van der Waals surface area contributed by atoms with Crippen molar-refractivity contribution in [2.24, 2.45) is 35.0 Å². The zero-order valence-electron chi connectivity index (χ0n) is 21.9. The minimum Gasteiger partial charge on any atom is -0.356 e. The van der Waals surface area contributed by atoms with E-state index >= 15 is 0 Å². The molecule has 0 radical (unpaired) electrons. The molecule has 194 valence electrons. The van der Waals surface area contributed by atoms with Gasteiger partial charge in [0, 0.05) is 24.9 Å². The number of carbonyl (C=O) groups excluding carboxylic acids is 4. The zero-order chi connectivity index (χ0) is 26.1. The Morgan fingerprint density at radius 2 is 1.89 bits per heavy atom. The van der Waals surface area contributed by atoms with Crippen LogP contribution in [-0.2, 0) is 19.2 Å². The Morgan fingerprint density at radius 1 is 1.20 bits per heavy atom. The number of hydrogen-bond acceptors (Lipinski definition) is 5. The van der Waals surface area contributed by atoms with Crippen LogP contribution in [0.2, 0.25) is 0 Å². The molecule has 9 nitrogen and oxygen atoms in total. The molecule has 4 amide bonds. The molecule has 2 saturated heterocycles. The summed E-state index contributed by atoms with van der Waals surface area (Å²) in [6.45, 7) is 12.9. The van der Waals surface area contributed by atoms with Gasteiger partial charge >= 0.3 is 0 Å². The molecule has 3 N–H and O–H groups in total. The number of nitriles is 1. The van der Waals surface area contributed by atoms with Crippen LogP contribution < -0.4 is 16.0 Å². The van der Waals surface area contributed by atoms with Crippen LogP contribution in [0.15, 0.2) is 0 Å². The molecular weight excluding hydrogens is 446 g/mol. The minimum atomic E-state index is -0.721. The van der Waals surface area contributed by atoms with Gasteiger partial charge in [-0.2, -0.15) is 5.26 Å². The van der Waals surface area contributed by atoms with Crippen LogP contribution in [-0.4, -0.2) is 59.7 Å². The average Bonchev–Trinajstić information content (AvgIpc) is 3.13. The van der Waals surface area contributed by atoms with Gasteiger partial charge in [0.15, 0.2) is 0 Å². The lowest BCUT2D eigenvalue weighted by Gasteiger charge is -2.34. The normalized spacial score (nSPS) is 28.2. The predicted molar refractivity (Wildman–Crippen MR) is 130 cm³/mol. The molecule has 3 rings (SSSR count). The third-order valence-corrected chi connectivity index (χ3v) is 8.05. The van der Waals surface area contributed by atoms with Gasteiger partial charge in [0.2, 0.25) is 23.6 Å². The molecule has 2 heterocycles. The van der Waals surface area contributed by atoms with Crippen molar-refractivity contribution in [2.45, 2.75) is 85.4 Å². The quantitative estimate of drug-likeness (QED) is 0.431. The molecule has 0 spiro atoms. The Kier molecular flexibility index (Phi) is 8.13. The number of piperidine rings is 1.